The first-order chi connectivity index (χ1) is 22.0. The van der Waals surface area contributed by atoms with E-state index in [0.717, 1.165) is 23.1 Å². The van der Waals surface area contributed by atoms with Gasteiger partial charge in [-0.3, -0.25) is 4.79 Å². The Labute approximate surface area is 271 Å². The first-order valence-corrected chi connectivity index (χ1v) is 18.3. The van der Waals surface area contributed by atoms with E-state index in [2.05, 4.69) is 0 Å². The summed E-state index contributed by atoms with van der Waals surface area (Å²) in [6, 6.07) is 27.6. The third-order valence-electron chi connectivity index (χ3n) is 9.32. The van der Waals surface area contributed by atoms with E-state index >= 15 is 0 Å². The van der Waals surface area contributed by atoms with Gasteiger partial charge in [0.2, 0.25) is 20.0 Å². The van der Waals surface area contributed by atoms with Crippen molar-refractivity contribution in [2.75, 3.05) is 13.7 Å². The summed E-state index contributed by atoms with van der Waals surface area (Å²) in [5.41, 5.74) is 3.46. The highest BCUT2D eigenvalue weighted by atomic mass is 32.2. The molecule has 4 aromatic carbocycles. The Morgan fingerprint density at radius 3 is 1.93 bits per heavy atom. The standard InChI is InChI=1S/C36H38N2O6S2/c1-4-26-12-14-27(15-13-26)33-22-35-32(24-37(33)45(40,41)31-20-10-25(2)11-21-31)36(39)23-34(28-16-18-29(44-3)19-17-28)38(35)46(42,43)30-8-6-5-7-9-30/h5-21,32-35H,4,22-24H2,1-3H3/t32-,33+,34+,35+/m1/s1. The largest absolute Gasteiger partial charge is 0.497 e. The second kappa shape index (κ2) is 12.8. The van der Waals surface area contributed by atoms with Crippen LogP contribution in [0.3, 0.4) is 0 Å². The van der Waals surface area contributed by atoms with Crippen LogP contribution >= 0.6 is 0 Å². The Morgan fingerprint density at radius 2 is 1.33 bits per heavy atom. The fraction of sp³-hybridized carbons (Fsp3) is 0.306. The Bertz CT molecular complexity index is 1910. The van der Waals surface area contributed by atoms with Gasteiger partial charge >= 0.3 is 0 Å². The molecule has 10 heteroatoms. The van der Waals surface area contributed by atoms with Crippen molar-refractivity contribution < 1.29 is 26.4 Å². The Hall–Kier alpha value is -3.83. The molecule has 240 valence electrons. The minimum atomic E-state index is -4.11. The zero-order valence-electron chi connectivity index (χ0n) is 26.1. The number of ether oxygens (including phenoxy) is 1. The fourth-order valence-electron chi connectivity index (χ4n) is 6.75. The third-order valence-corrected chi connectivity index (χ3v) is 13.2. The van der Waals surface area contributed by atoms with Gasteiger partial charge in [0, 0.05) is 24.9 Å². The van der Waals surface area contributed by atoms with Crippen molar-refractivity contribution in [3.63, 3.8) is 0 Å². The number of aryl methyl sites for hydroxylation is 2. The lowest BCUT2D eigenvalue weighted by Gasteiger charge is -2.51. The summed E-state index contributed by atoms with van der Waals surface area (Å²) in [7, 11) is -6.60. The van der Waals surface area contributed by atoms with Gasteiger partial charge in [-0.25, -0.2) is 16.8 Å². The molecule has 8 nitrogen and oxygen atoms in total. The molecule has 4 aromatic rings. The number of sulfonamides is 2. The number of carbonyl (C=O) groups excluding carboxylic acids is 1. The molecule has 0 N–H and O–H groups in total. The minimum absolute atomic E-state index is 0.0756. The summed E-state index contributed by atoms with van der Waals surface area (Å²) >= 11 is 0. The van der Waals surface area contributed by atoms with E-state index in [1.54, 1.807) is 86.0 Å². The molecule has 0 aliphatic carbocycles. The lowest BCUT2D eigenvalue weighted by Crippen LogP contribution is -2.60. The van der Waals surface area contributed by atoms with Crippen LogP contribution in [0.2, 0.25) is 0 Å². The number of hydrogen-bond donors (Lipinski definition) is 0. The van der Waals surface area contributed by atoms with Gasteiger partial charge in [0.05, 0.1) is 29.0 Å². The van der Waals surface area contributed by atoms with Crippen LogP contribution in [0.5, 0.6) is 5.75 Å². The Morgan fingerprint density at radius 1 is 0.739 bits per heavy atom. The van der Waals surface area contributed by atoms with Gasteiger partial charge in [0.15, 0.2) is 0 Å². The van der Waals surface area contributed by atoms with E-state index < -0.39 is 44.1 Å². The molecular formula is C36H38N2O6S2. The molecule has 2 saturated heterocycles. The molecule has 0 amide bonds. The topological polar surface area (TPSA) is 101 Å². The van der Waals surface area contributed by atoms with E-state index in [4.69, 9.17) is 4.74 Å². The van der Waals surface area contributed by atoms with Crippen LogP contribution in [-0.2, 0) is 31.3 Å². The second-order valence-corrected chi connectivity index (χ2v) is 15.7. The summed E-state index contributed by atoms with van der Waals surface area (Å²) in [4.78, 5) is 14.3. The van der Waals surface area contributed by atoms with E-state index in [9.17, 15) is 21.6 Å². The number of rotatable bonds is 8. The summed E-state index contributed by atoms with van der Waals surface area (Å²) in [5, 5.41) is 0. The molecule has 4 atom stereocenters. The molecule has 2 aliphatic rings. The molecule has 0 radical (unpaired) electrons. The average molecular weight is 659 g/mol. The van der Waals surface area contributed by atoms with Gasteiger partial charge in [-0.2, -0.15) is 8.61 Å². The highest BCUT2D eigenvalue weighted by Crippen LogP contribution is 2.48. The monoisotopic (exact) mass is 658 g/mol. The quantitative estimate of drug-likeness (QED) is 0.227. The molecule has 0 aromatic heterocycles. The number of nitrogens with zero attached hydrogens (tertiary/aromatic N) is 2. The molecule has 46 heavy (non-hydrogen) atoms. The van der Waals surface area contributed by atoms with Crippen molar-refractivity contribution >= 4 is 25.8 Å². The smallest absolute Gasteiger partial charge is 0.243 e. The number of benzene rings is 4. The minimum Gasteiger partial charge on any atom is -0.497 e. The maximum Gasteiger partial charge on any atom is 0.243 e. The van der Waals surface area contributed by atoms with E-state index in [-0.39, 0.29) is 35.0 Å². The summed E-state index contributed by atoms with van der Waals surface area (Å²) in [6.45, 7) is 3.81. The van der Waals surface area contributed by atoms with Crippen molar-refractivity contribution in [1.29, 1.82) is 0 Å². The van der Waals surface area contributed by atoms with Gasteiger partial charge in [-0.15, -0.1) is 0 Å². The zero-order valence-corrected chi connectivity index (χ0v) is 27.7. The molecule has 0 unspecified atom stereocenters. The van der Waals surface area contributed by atoms with E-state index in [0.29, 0.717) is 11.3 Å². The van der Waals surface area contributed by atoms with Gasteiger partial charge in [0.25, 0.3) is 0 Å². The Balaban J connectivity index is 1.50. The van der Waals surface area contributed by atoms with Crippen molar-refractivity contribution in [3.8, 4) is 5.75 Å². The zero-order chi connectivity index (χ0) is 32.6. The number of carbonyl (C=O) groups is 1. The number of ketones is 1. The lowest BCUT2D eigenvalue weighted by molar-refractivity contribution is -0.132. The maximum absolute atomic E-state index is 14.6. The molecule has 2 fully saturated rings. The van der Waals surface area contributed by atoms with Crippen LogP contribution in [0.1, 0.15) is 54.1 Å². The molecule has 0 bridgehead atoms. The highest BCUT2D eigenvalue weighted by molar-refractivity contribution is 7.89. The van der Waals surface area contributed by atoms with E-state index in [1.165, 1.54) is 8.61 Å². The summed E-state index contributed by atoms with van der Waals surface area (Å²) in [5.74, 6) is -0.389. The Kier molecular flexibility index (Phi) is 8.91. The van der Waals surface area contributed by atoms with Gasteiger partial charge in [-0.1, -0.05) is 79.2 Å². The molecular weight excluding hydrogens is 621 g/mol. The molecule has 2 aliphatic heterocycles. The lowest BCUT2D eigenvalue weighted by atomic mass is 9.77. The first-order valence-electron chi connectivity index (χ1n) is 15.5. The third kappa shape index (κ3) is 5.90. The molecule has 2 heterocycles. The molecule has 6 rings (SSSR count). The first kappa shape index (κ1) is 32.1. The van der Waals surface area contributed by atoms with Crippen LogP contribution in [-0.4, -0.2) is 50.9 Å². The predicted octanol–water partition coefficient (Wildman–Crippen LogP) is 6.09. The van der Waals surface area contributed by atoms with Crippen LogP contribution in [0.25, 0.3) is 0 Å². The number of hydrogen-bond acceptors (Lipinski definition) is 6. The van der Waals surface area contributed by atoms with Gasteiger partial charge in [0.1, 0.15) is 11.5 Å². The maximum atomic E-state index is 14.6. The number of Topliss-reactive ketones (excluding diaryl/α,β-unsaturated/α-hetero) is 1. The average Bonchev–Trinajstić information content (AvgIpc) is 3.08. The van der Waals surface area contributed by atoms with Crippen molar-refractivity contribution in [2.45, 2.75) is 61.0 Å². The summed E-state index contributed by atoms with van der Waals surface area (Å²) < 4.78 is 66.0. The van der Waals surface area contributed by atoms with Crippen LogP contribution in [0.15, 0.2) is 113 Å². The van der Waals surface area contributed by atoms with Crippen LogP contribution in [0.4, 0.5) is 0 Å². The van der Waals surface area contributed by atoms with Crippen molar-refractivity contribution in [3.05, 3.63) is 125 Å². The molecule has 0 saturated carbocycles. The number of methoxy groups -OCH3 is 1. The normalized spacial score (nSPS) is 22.7. The molecule has 0 spiro atoms. The van der Waals surface area contributed by atoms with Gasteiger partial charge < -0.3 is 4.74 Å². The number of fused-ring (bicyclic) bond motifs is 1. The SMILES string of the molecule is CCc1ccc([C@@H]2C[C@H]3[C@@H](CN2S(=O)(=O)c2ccc(C)cc2)C(=O)C[C@@H](c2ccc(OC)cc2)N3S(=O)(=O)c2ccccc2)cc1. The van der Waals surface area contributed by atoms with E-state index in [1.807, 2.05) is 38.1 Å². The fourth-order valence-corrected chi connectivity index (χ4v) is 10.3. The van der Waals surface area contributed by atoms with Gasteiger partial charge in [-0.05, 0) is 72.9 Å². The van der Waals surface area contributed by atoms with Crippen molar-refractivity contribution in [2.24, 2.45) is 5.92 Å². The van der Waals surface area contributed by atoms with Crippen LogP contribution in [0, 0.1) is 12.8 Å². The van der Waals surface area contributed by atoms with Crippen LogP contribution < -0.4 is 4.74 Å². The number of piperidine rings is 2. The second-order valence-electron chi connectivity index (χ2n) is 12.0. The predicted molar refractivity (Wildman–Crippen MR) is 176 cm³/mol. The van der Waals surface area contributed by atoms with Crippen molar-refractivity contribution in [1.82, 2.24) is 8.61 Å². The summed E-state index contributed by atoms with van der Waals surface area (Å²) in [6.07, 6.45) is 0.863. The highest BCUT2D eigenvalue weighted by Gasteiger charge is 2.54.